The molecule has 8 heteroatoms. The van der Waals surface area contributed by atoms with Gasteiger partial charge in [-0.3, -0.25) is 14.9 Å². The highest BCUT2D eigenvalue weighted by Gasteiger charge is 2.31. The maximum Gasteiger partial charge on any atom is 0.315 e. The number of esters is 1. The first-order valence-corrected chi connectivity index (χ1v) is 10.7. The largest absolute Gasteiger partial charge is 0.406 e. The first kappa shape index (κ1) is 21.4. The minimum atomic E-state index is -0.408. The molecular weight excluding hydrogens is 390 g/mol. The predicted octanol–water partition coefficient (Wildman–Crippen LogP) is 5.49. The van der Waals surface area contributed by atoms with Crippen molar-refractivity contribution in [2.24, 2.45) is 5.92 Å². The molecule has 1 aliphatic carbocycles. The average molecular weight is 418 g/mol. The van der Waals surface area contributed by atoms with Crippen LogP contribution in [0.25, 0.3) is 0 Å². The number of aryl methyl sites for hydroxylation is 1. The van der Waals surface area contributed by atoms with Gasteiger partial charge in [0.25, 0.3) is 5.69 Å². The number of nitro groups is 1. The van der Waals surface area contributed by atoms with Gasteiger partial charge in [0.15, 0.2) is 0 Å². The lowest BCUT2D eigenvalue weighted by Crippen LogP contribution is -2.28. The Balaban J connectivity index is 2.00. The van der Waals surface area contributed by atoms with Gasteiger partial charge in [-0.1, -0.05) is 43.2 Å². The smallest absolute Gasteiger partial charge is 0.315 e. The van der Waals surface area contributed by atoms with E-state index in [9.17, 15) is 14.9 Å². The fraction of sp³-hybridized carbons (Fsp3) is 0.524. The summed E-state index contributed by atoms with van der Waals surface area (Å²) in [6.45, 7) is 7.78. The van der Waals surface area contributed by atoms with Gasteiger partial charge in [0.05, 0.1) is 31.9 Å². The lowest BCUT2D eigenvalue weighted by atomic mass is 9.89. The summed E-state index contributed by atoms with van der Waals surface area (Å²) in [5.74, 6) is 0.0320. The SMILES string of the molecule is Cc1nn(C(C)(C)C)c(OC(=O)C2CCCCC2)c1Sc1ccccc1[N+](=O)[O-]. The van der Waals surface area contributed by atoms with Gasteiger partial charge in [0.2, 0.25) is 5.88 Å². The minimum absolute atomic E-state index is 0.0185. The minimum Gasteiger partial charge on any atom is -0.406 e. The number of hydrogen-bond donors (Lipinski definition) is 0. The predicted molar refractivity (Wildman–Crippen MR) is 111 cm³/mol. The van der Waals surface area contributed by atoms with Gasteiger partial charge in [-0.25, -0.2) is 4.68 Å². The van der Waals surface area contributed by atoms with Crippen LogP contribution in [0.1, 0.15) is 58.6 Å². The Kier molecular flexibility index (Phi) is 6.31. The van der Waals surface area contributed by atoms with Gasteiger partial charge in [-0.05, 0) is 46.6 Å². The summed E-state index contributed by atoms with van der Waals surface area (Å²) in [6.07, 6.45) is 4.91. The Morgan fingerprint density at radius 1 is 1.24 bits per heavy atom. The van der Waals surface area contributed by atoms with Crippen LogP contribution >= 0.6 is 11.8 Å². The molecule has 0 saturated heterocycles. The normalized spacial score (nSPS) is 15.3. The summed E-state index contributed by atoms with van der Waals surface area (Å²) in [5, 5.41) is 16.0. The second-order valence-electron chi connectivity index (χ2n) is 8.39. The lowest BCUT2D eigenvalue weighted by molar-refractivity contribution is -0.387. The zero-order valence-corrected chi connectivity index (χ0v) is 18.1. The molecule has 0 atom stereocenters. The molecule has 1 aromatic carbocycles. The monoisotopic (exact) mass is 417 g/mol. The van der Waals surface area contributed by atoms with Crippen molar-refractivity contribution in [1.82, 2.24) is 9.78 Å². The molecule has 7 nitrogen and oxygen atoms in total. The fourth-order valence-corrected chi connectivity index (χ4v) is 4.49. The molecule has 1 aliphatic rings. The van der Waals surface area contributed by atoms with Crippen LogP contribution in [0, 0.1) is 23.0 Å². The topological polar surface area (TPSA) is 87.3 Å². The summed E-state index contributed by atoms with van der Waals surface area (Å²) in [7, 11) is 0. The molecule has 156 valence electrons. The van der Waals surface area contributed by atoms with Crippen LogP contribution in [0.2, 0.25) is 0 Å². The molecule has 0 unspecified atom stereocenters. The lowest BCUT2D eigenvalue weighted by Gasteiger charge is -2.24. The van der Waals surface area contributed by atoms with Crippen molar-refractivity contribution in [2.45, 2.75) is 75.1 Å². The molecule has 3 rings (SSSR count). The number of nitrogens with zero attached hydrogens (tertiary/aromatic N) is 3. The van der Waals surface area contributed by atoms with E-state index in [-0.39, 0.29) is 17.6 Å². The molecule has 1 fully saturated rings. The third kappa shape index (κ3) is 4.80. The Bertz CT molecular complexity index is 911. The fourth-order valence-electron chi connectivity index (χ4n) is 3.47. The number of para-hydroxylation sites is 1. The van der Waals surface area contributed by atoms with Crippen LogP contribution in [0.5, 0.6) is 5.88 Å². The van der Waals surface area contributed by atoms with Crippen molar-refractivity contribution in [3.8, 4) is 5.88 Å². The van der Waals surface area contributed by atoms with Crippen molar-refractivity contribution in [3.05, 3.63) is 40.1 Å². The molecule has 2 aromatic rings. The number of carbonyl (C=O) groups excluding carboxylic acids is 1. The van der Waals surface area contributed by atoms with Crippen LogP contribution in [0.15, 0.2) is 34.1 Å². The number of rotatable bonds is 5. The van der Waals surface area contributed by atoms with Gasteiger partial charge in [-0.2, -0.15) is 5.10 Å². The highest BCUT2D eigenvalue weighted by Crippen LogP contribution is 2.43. The Hall–Kier alpha value is -2.35. The molecule has 0 radical (unpaired) electrons. The van der Waals surface area contributed by atoms with Gasteiger partial charge >= 0.3 is 5.97 Å². The highest BCUT2D eigenvalue weighted by atomic mass is 32.2. The second-order valence-corrected chi connectivity index (χ2v) is 9.44. The zero-order chi connectivity index (χ0) is 21.2. The van der Waals surface area contributed by atoms with Crippen LogP contribution in [0.4, 0.5) is 5.69 Å². The average Bonchev–Trinajstić information content (AvgIpc) is 2.99. The van der Waals surface area contributed by atoms with E-state index in [0.717, 1.165) is 32.1 Å². The van der Waals surface area contributed by atoms with E-state index < -0.39 is 10.5 Å². The molecule has 1 heterocycles. The Labute approximate surface area is 175 Å². The highest BCUT2D eigenvalue weighted by molar-refractivity contribution is 7.99. The number of ether oxygens (including phenoxy) is 1. The van der Waals surface area contributed by atoms with E-state index in [4.69, 9.17) is 4.74 Å². The number of nitro benzene ring substituents is 1. The summed E-state index contributed by atoms with van der Waals surface area (Å²) < 4.78 is 7.62. The van der Waals surface area contributed by atoms with Crippen LogP contribution in [-0.2, 0) is 10.3 Å². The van der Waals surface area contributed by atoms with Crippen LogP contribution in [-0.4, -0.2) is 20.7 Å². The molecular formula is C21H27N3O4S. The quantitative estimate of drug-likeness (QED) is 0.363. The molecule has 29 heavy (non-hydrogen) atoms. The van der Waals surface area contributed by atoms with Crippen LogP contribution < -0.4 is 4.74 Å². The van der Waals surface area contributed by atoms with E-state index in [1.807, 2.05) is 27.7 Å². The molecule has 0 aliphatic heterocycles. The first-order chi connectivity index (χ1) is 13.7. The van der Waals surface area contributed by atoms with Crippen LogP contribution in [0.3, 0.4) is 0 Å². The van der Waals surface area contributed by atoms with Crippen molar-refractivity contribution in [1.29, 1.82) is 0 Å². The van der Waals surface area contributed by atoms with E-state index in [1.54, 1.807) is 22.9 Å². The summed E-state index contributed by atoms with van der Waals surface area (Å²) in [5.41, 5.74) is 0.286. The molecule has 1 aromatic heterocycles. The maximum absolute atomic E-state index is 12.9. The standard InChI is InChI=1S/C21H27N3O4S/c1-14-18(29-17-13-9-8-12-16(17)24(26)27)19(23(22-14)21(2,3)4)28-20(25)15-10-6-5-7-11-15/h8-9,12-13,15H,5-7,10-11H2,1-4H3. The number of carbonyl (C=O) groups is 1. The van der Waals surface area contributed by atoms with Gasteiger partial charge < -0.3 is 4.74 Å². The zero-order valence-electron chi connectivity index (χ0n) is 17.3. The van der Waals surface area contributed by atoms with Crippen molar-refractivity contribution < 1.29 is 14.5 Å². The first-order valence-electron chi connectivity index (χ1n) is 9.91. The number of benzene rings is 1. The number of aromatic nitrogens is 2. The Morgan fingerprint density at radius 2 is 1.90 bits per heavy atom. The molecule has 0 bridgehead atoms. The van der Waals surface area contributed by atoms with Gasteiger partial charge in [0.1, 0.15) is 0 Å². The number of hydrogen-bond acceptors (Lipinski definition) is 6. The summed E-state index contributed by atoms with van der Waals surface area (Å²) >= 11 is 1.22. The molecule has 0 N–H and O–H groups in total. The van der Waals surface area contributed by atoms with Gasteiger partial charge in [0, 0.05) is 6.07 Å². The second kappa shape index (κ2) is 8.57. The van der Waals surface area contributed by atoms with E-state index in [2.05, 4.69) is 5.10 Å². The third-order valence-electron chi connectivity index (χ3n) is 5.01. The van der Waals surface area contributed by atoms with Crippen molar-refractivity contribution >= 4 is 23.4 Å². The van der Waals surface area contributed by atoms with Crippen molar-refractivity contribution in [2.75, 3.05) is 0 Å². The Morgan fingerprint density at radius 3 is 2.52 bits per heavy atom. The van der Waals surface area contributed by atoms with Crippen molar-refractivity contribution in [3.63, 3.8) is 0 Å². The van der Waals surface area contributed by atoms with E-state index in [1.165, 1.54) is 17.8 Å². The molecule has 0 amide bonds. The third-order valence-corrected chi connectivity index (χ3v) is 6.25. The molecule has 1 saturated carbocycles. The molecule has 0 spiro atoms. The maximum atomic E-state index is 12.9. The summed E-state index contributed by atoms with van der Waals surface area (Å²) in [6, 6.07) is 6.56. The van der Waals surface area contributed by atoms with Gasteiger partial charge in [-0.15, -0.1) is 0 Å². The van der Waals surface area contributed by atoms with E-state index in [0.29, 0.717) is 21.4 Å². The summed E-state index contributed by atoms with van der Waals surface area (Å²) in [4.78, 5) is 25.0. The van der Waals surface area contributed by atoms with E-state index >= 15 is 0 Å².